The predicted octanol–water partition coefficient (Wildman–Crippen LogP) is 2.38. The fraction of sp³-hybridized carbons (Fsp3) is 0.0714. The van der Waals surface area contributed by atoms with E-state index in [9.17, 15) is 13.2 Å². The van der Waals surface area contributed by atoms with E-state index in [-0.39, 0.29) is 4.90 Å². The monoisotopic (exact) mass is 368 g/mol. The molecular weight excluding hydrogens is 356 g/mol. The summed E-state index contributed by atoms with van der Waals surface area (Å²) in [6.07, 6.45) is 0. The largest absolute Gasteiger partial charge is 0.273 e. The van der Waals surface area contributed by atoms with Crippen LogP contribution in [0.15, 0.2) is 57.9 Å². The van der Waals surface area contributed by atoms with Crippen molar-refractivity contribution >= 4 is 31.9 Å². The van der Waals surface area contributed by atoms with Crippen LogP contribution in [-0.2, 0) is 10.0 Å². The smallest absolute Gasteiger partial charge is 0.266 e. The van der Waals surface area contributed by atoms with Crippen molar-refractivity contribution in [3.8, 4) is 0 Å². The molecule has 0 unspecified atom stereocenters. The van der Waals surface area contributed by atoms with Crippen LogP contribution >= 0.6 is 15.9 Å². The number of aryl methyl sites for hydroxylation is 1. The first-order valence-corrected chi connectivity index (χ1v) is 8.31. The number of halogens is 1. The van der Waals surface area contributed by atoms with Crippen molar-refractivity contribution < 1.29 is 13.2 Å². The van der Waals surface area contributed by atoms with E-state index in [4.69, 9.17) is 0 Å². The molecule has 0 atom stereocenters. The number of rotatable bonds is 4. The normalized spacial score (nSPS) is 11.1. The van der Waals surface area contributed by atoms with Crippen molar-refractivity contribution in [1.82, 2.24) is 10.3 Å². The number of nitrogens with one attached hydrogen (secondary N) is 2. The highest BCUT2D eigenvalue weighted by Crippen LogP contribution is 2.14. The van der Waals surface area contributed by atoms with Gasteiger partial charge in [0.25, 0.3) is 15.9 Å². The number of sulfonamides is 1. The first-order chi connectivity index (χ1) is 9.90. The maximum Gasteiger partial charge on any atom is 0.266 e. The molecule has 0 aliphatic rings. The lowest BCUT2D eigenvalue weighted by molar-refractivity contribution is 0.0944. The molecule has 2 aromatic rings. The molecule has 0 fully saturated rings. The van der Waals surface area contributed by atoms with Gasteiger partial charge in [0.05, 0.1) is 4.90 Å². The van der Waals surface area contributed by atoms with Crippen molar-refractivity contribution in [2.45, 2.75) is 11.8 Å². The molecule has 110 valence electrons. The molecule has 21 heavy (non-hydrogen) atoms. The molecule has 0 aliphatic carbocycles. The first-order valence-electron chi connectivity index (χ1n) is 6.03. The van der Waals surface area contributed by atoms with Crippen molar-refractivity contribution in [2.24, 2.45) is 0 Å². The number of hydrogen-bond acceptors (Lipinski definition) is 3. The molecule has 2 N–H and O–H groups in total. The first kappa shape index (κ1) is 15.7. The molecule has 0 heterocycles. The van der Waals surface area contributed by atoms with E-state index in [1.165, 1.54) is 12.1 Å². The molecule has 1 amide bonds. The van der Waals surface area contributed by atoms with Gasteiger partial charge in [0.2, 0.25) is 0 Å². The number of hydrazine groups is 1. The zero-order valence-electron chi connectivity index (χ0n) is 11.1. The second kappa shape index (κ2) is 6.38. The number of hydrogen-bond donors (Lipinski definition) is 2. The average molecular weight is 369 g/mol. The van der Waals surface area contributed by atoms with E-state index in [0.29, 0.717) is 5.56 Å². The van der Waals surface area contributed by atoms with Gasteiger partial charge in [-0.3, -0.25) is 10.2 Å². The minimum absolute atomic E-state index is 0.0655. The summed E-state index contributed by atoms with van der Waals surface area (Å²) in [6, 6.07) is 13.0. The molecule has 2 aromatic carbocycles. The minimum Gasteiger partial charge on any atom is -0.273 e. The molecule has 0 bridgehead atoms. The van der Waals surface area contributed by atoms with Gasteiger partial charge in [-0.15, -0.1) is 4.83 Å². The highest BCUT2D eigenvalue weighted by molar-refractivity contribution is 9.10. The van der Waals surface area contributed by atoms with Crippen LogP contribution in [0.5, 0.6) is 0 Å². The Hall–Kier alpha value is -1.70. The molecule has 0 saturated carbocycles. The second-order valence-corrected chi connectivity index (χ2v) is 6.93. The van der Waals surface area contributed by atoms with E-state index >= 15 is 0 Å². The van der Waals surface area contributed by atoms with E-state index in [1.54, 1.807) is 43.3 Å². The van der Waals surface area contributed by atoms with Gasteiger partial charge in [-0.05, 0) is 42.8 Å². The Labute approximate surface area is 131 Å². The van der Waals surface area contributed by atoms with E-state index < -0.39 is 15.9 Å². The zero-order valence-corrected chi connectivity index (χ0v) is 13.5. The lowest BCUT2D eigenvalue weighted by Gasteiger charge is -2.09. The highest BCUT2D eigenvalue weighted by Gasteiger charge is 2.16. The molecule has 5 nitrogen and oxygen atoms in total. The van der Waals surface area contributed by atoms with Gasteiger partial charge >= 0.3 is 0 Å². The van der Waals surface area contributed by atoms with Gasteiger partial charge in [0.15, 0.2) is 0 Å². The molecule has 0 aliphatic heterocycles. The Morgan fingerprint density at radius 3 is 2.29 bits per heavy atom. The van der Waals surface area contributed by atoms with Crippen molar-refractivity contribution in [1.29, 1.82) is 0 Å². The molecule has 0 radical (unpaired) electrons. The van der Waals surface area contributed by atoms with Gasteiger partial charge < -0.3 is 0 Å². The van der Waals surface area contributed by atoms with Crippen molar-refractivity contribution in [2.75, 3.05) is 0 Å². The summed E-state index contributed by atoms with van der Waals surface area (Å²) in [7, 11) is -3.80. The second-order valence-electron chi connectivity index (χ2n) is 4.33. The third-order valence-electron chi connectivity index (χ3n) is 2.81. The predicted molar refractivity (Wildman–Crippen MR) is 83.1 cm³/mol. The van der Waals surface area contributed by atoms with Gasteiger partial charge in [0, 0.05) is 10.0 Å². The summed E-state index contributed by atoms with van der Waals surface area (Å²) < 4.78 is 24.8. The Morgan fingerprint density at radius 1 is 1.05 bits per heavy atom. The number of carbonyl (C=O) groups is 1. The van der Waals surface area contributed by atoms with Crippen LogP contribution in [0.1, 0.15) is 15.9 Å². The summed E-state index contributed by atoms with van der Waals surface area (Å²) in [5.74, 6) is -0.506. The van der Waals surface area contributed by atoms with Gasteiger partial charge in [0.1, 0.15) is 0 Å². The molecule has 2 rings (SSSR count). The average Bonchev–Trinajstić information content (AvgIpc) is 2.46. The Kier molecular flexibility index (Phi) is 4.76. The van der Waals surface area contributed by atoms with E-state index in [1.807, 2.05) is 0 Å². The van der Waals surface area contributed by atoms with Crippen molar-refractivity contribution in [3.05, 3.63) is 64.1 Å². The van der Waals surface area contributed by atoms with Crippen LogP contribution in [-0.4, -0.2) is 14.3 Å². The van der Waals surface area contributed by atoms with Gasteiger partial charge in [-0.25, -0.2) is 8.42 Å². The van der Waals surface area contributed by atoms with Crippen LogP contribution in [0, 0.1) is 6.92 Å². The number of benzene rings is 2. The summed E-state index contributed by atoms with van der Waals surface area (Å²) in [5.41, 5.74) is 3.38. The van der Waals surface area contributed by atoms with Crippen molar-refractivity contribution in [3.63, 3.8) is 0 Å². The van der Waals surface area contributed by atoms with Crippen LogP contribution in [0.25, 0.3) is 0 Å². The number of carbonyl (C=O) groups excluding carboxylic acids is 1. The molecule has 0 aromatic heterocycles. The summed E-state index contributed by atoms with van der Waals surface area (Å²) in [4.78, 5) is 14.1. The quantitative estimate of drug-likeness (QED) is 0.813. The fourth-order valence-corrected chi connectivity index (χ4v) is 2.78. The lowest BCUT2D eigenvalue weighted by Crippen LogP contribution is -2.41. The Morgan fingerprint density at radius 2 is 1.67 bits per heavy atom. The molecule has 7 heteroatoms. The topological polar surface area (TPSA) is 75.3 Å². The minimum atomic E-state index is -3.80. The van der Waals surface area contributed by atoms with Crippen LogP contribution in [0.2, 0.25) is 0 Å². The fourth-order valence-electron chi connectivity index (χ4n) is 1.68. The van der Waals surface area contributed by atoms with Crippen LogP contribution in [0.4, 0.5) is 0 Å². The maximum atomic E-state index is 12.0. The molecule has 0 spiro atoms. The van der Waals surface area contributed by atoms with Crippen LogP contribution < -0.4 is 10.3 Å². The van der Waals surface area contributed by atoms with Crippen LogP contribution in [0.3, 0.4) is 0 Å². The summed E-state index contributed by atoms with van der Waals surface area (Å²) in [6.45, 7) is 1.78. The summed E-state index contributed by atoms with van der Waals surface area (Å²) in [5, 5.41) is 0. The highest BCUT2D eigenvalue weighted by atomic mass is 79.9. The lowest BCUT2D eigenvalue weighted by atomic mass is 10.1. The molecule has 0 saturated heterocycles. The van der Waals surface area contributed by atoms with E-state index in [0.717, 1.165) is 10.0 Å². The summed E-state index contributed by atoms with van der Waals surface area (Å²) >= 11 is 3.23. The third kappa shape index (κ3) is 3.90. The molecular formula is C14H13BrN2O3S. The standard InChI is InChI=1S/C14H13BrN2O3S/c1-10-4-2-3-5-13(10)14(18)16-17-21(19,20)12-8-6-11(15)7-9-12/h2-9,17H,1H3,(H,16,18). The Balaban J connectivity index is 2.10. The van der Waals surface area contributed by atoms with Gasteiger partial charge in [-0.2, -0.15) is 0 Å². The Bertz CT molecular complexity index is 758. The number of amides is 1. The third-order valence-corrected chi connectivity index (χ3v) is 4.60. The van der Waals surface area contributed by atoms with Gasteiger partial charge in [-0.1, -0.05) is 34.1 Å². The maximum absolute atomic E-state index is 12.0. The van der Waals surface area contributed by atoms with E-state index in [2.05, 4.69) is 26.2 Å². The zero-order chi connectivity index (χ0) is 15.5. The SMILES string of the molecule is Cc1ccccc1C(=O)NNS(=O)(=O)c1ccc(Br)cc1.